The predicted molar refractivity (Wildman–Crippen MR) is 83.1 cm³/mol. The number of fused-ring (bicyclic) bond motifs is 2. The first kappa shape index (κ1) is 14.2. The number of ether oxygens (including phenoxy) is 1. The Bertz CT molecular complexity index is 464. The molecule has 0 spiro atoms. The predicted octanol–water partition coefficient (Wildman–Crippen LogP) is 4.26. The Balaban J connectivity index is 1.53. The summed E-state index contributed by atoms with van der Waals surface area (Å²) in [5.41, 5.74) is 6.36. The molecule has 1 aromatic carbocycles. The van der Waals surface area contributed by atoms with E-state index in [2.05, 4.69) is 6.92 Å². The van der Waals surface area contributed by atoms with Crippen LogP contribution < -0.4 is 10.5 Å². The molecule has 0 saturated heterocycles. The van der Waals surface area contributed by atoms with Gasteiger partial charge in [0.1, 0.15) is 11.9 Å². The fourth-order valence-corrected chi connectivity index (χ4v) is 4.23. The maximum absolute atomic E-state index is 6.36. The normalized spacial score (nSPS) is 31.2. The van der Waals surface area contributed by atoms with Gasteiger partial charge in [-0.2, -0.15) is 0 Å². The van der Waals surface area contributed by atoms with Crippen molar-refractivity contribution in [2.45, 2.75) is 51.2 Å². The minimum atomic E-state index is 0.0348. The summed E-state index contributed by atoms with van der Waals surface area (Å²) < 4.78 is 5.94. The topological polar surface area (TPSA) is 35.2 Å². The summed E-state index contributed by atoms with van der Waals surface area (Å²) in [5, 5.41) is 0.705. The molecular weight excluding hydrogens is 270 g/mol. The molecule has 5 unspecified atom stereocenters. The van der Waals surface area contributed by atoms with Crippen LogP contribution in [0.2, 0.25) is 5.02 Å². The fourth-order valence-electron chi connectivity index (χ4n) is 4.05. The average molecular weight is 294 g/mol. The van der Waals surface area contributed by atoms with Gasteiger partial charge in [0.15, 0.2) is 0 Å². The van der Waals surface area contributed by atoms with Crippen molar-refractivity contribution in [1.82, 2.24) is 0 Å². The lowest BCUT2D eigenvalue weighted by molar-refractivity contribution is 0.162. The van der Waals surface area contributed by atoms with Gasteiger partial charge in [-0.25, -0.2) is 0 Å². The molecule has 3 rings (SSSR count). The van der Waals surface area contributed by atoms with Crippen LogP contribution in [0.4, 0.5) is 0 Å². The van der Waals surface area contributed by atoms with Gasteiger partial charge in [0.05, 0.1) is 0 Å². The minimum Gasteiger partial charge on any atom is -0.489 e. The summed E-state index contributed by atoms with van der Waals surface area (Å²) in [5.74, 6) is 3.56. The Morgan fingerprint density at radius 2 is 2.20 bits per heavy atom. The average Bonchev–Trinajstić information content (AvgIpc) is 3.01. The van der Waals surface area contributed by atoms with Crippen molar-refractivity contribution >= 4 is 11.6 Å². The summed E-state index contributed by atoms with van der Waals surface area (Å²) in [7, 11) is 0. The molecule has 20 heavy (non-hydrogen) atoms. The lowest BCUT2D eigenvalue weighted by atomic mass is 9.83. The molecule has 1 aromatic rings. The molecule has 2 nitrogen and oxygen atoms in total. The monoisotopic (exact) mass is 293 g/mol. The third kappa shape index (κ3) is 3.12. The van der Waals surface area contributed by atoms with Crippen molar-refractivity contribution in [2.75, 3.05) is 0 Å². The van der Waals surface area contributed by atoms with Gasteiger partial charge in [-0.3, -0.25) is 0 Å². The van der Waals surface area contributed by atoms with E-state index in [1.54, 1.807) is 0 Å². The van der Waals surface area contributed by atoms with E-state index in [4.69, 9.17) is 22.1 Å². The van der Waals surface area contributed by atoms with Gasteiger partial charge in [-0.15, -0.1) is 0 Å². The number of halogens is 1. The summed E-state index contributed by atoms with van der Waals surface area (Å²) in [4.78, 5) is 0. The third-order valence-electron chi connectivity index (χ3n) is 5.18. The number of nitrogens with two attached hydrogens (primary N) is 1. The first-order chi connectivity index (χ1) is 9.61. The highest BCUT2D eigenvalue weighted by Gasteiger charge is 2.40. The van der Waals surface area contributed by atoms with Crippen molar-refractivity contribution in [3.63, 3.8) is 0 Å². The van der Waals surface area contributed by atoms with Gasteiger partial charge in [0.2, 0.25) is 0 Å². The van der Waals surface area contributed by atoms with Gasteiger partial charge < -0.3 is 10.5 Å². The van der Waals surface area contributed by atoms with Crippen molar-refractivity contribution in [1.29, 1.82) is 0 Å². The second kappa shape index (κ2) is 5.95. The van der Waals surface area contributed by atoms with E-state index in [-0.39, 0.29) is 12.1 Å². The summed E-state index contributed by atoms with van der Waals surface area (Å²) in [6, 6.07) is 7.66. The van der Waals surface area contributed by atoms with E-state index in [0.717, 1.165) is 29.9 Å². The zero-order valence-electron chi connectivity index (χ0n) is 12.1. The lowest BCUT2D eigenvalue weighted by Crippen LogP contribution is -2.39. The number of rotatable bonds is 5. The van der Waals surface area contributed by atoms with Gasteiger partial charge in [-0.1, -0.05) is 24.1 Å². The first-order valence-electron chi connectivity index (χ1n) is 7.79. The standard InChI is InChI=1S/C17H24ClNO/c1-11(20-16-4-2-3-15(18)10-16)17(19)9-14-8-12-5-6-13(14)7-12/h2-4,10-14,17H,5-9,19H2,1H3. The largest absolute Gasteiger partial charge is 0.489 e. The molecule has 3 heteroatoms. The number of hydrogen-bond donors (Lipinski definition) is 1. The van der Waals surface area contributed by atoms with Gasteiger partial charge in [-0.05, 0) is 68.6 Å². The van der Waals surface area contributed by atoms with E-state index in [9.17, 15) is 0 Å². The van der Waals surface area contributed by atoms with Crippen molar-refractivity contribution in [3.8, 4) is 5.75 Å². The number of benzene rings is 1. The number of hydrogen-bond acceptors (Lipinski definition) is 2. The molecule has 0 heterocycles. The smallest absolute Gasteiger partial charge is 0.121 e. The van der Waals surface area contributed by atoms with Crippen LogP contribution in [0.15, 0.2) is 24.3 Å². The lowest BCUT2D eigenvalue weighted by Gasteiger charge is -2.28. The molecule has 2 N–H and O–H groups in total. The highest BCUT2D eigenvalue weighted by Crippen LogP contribution is 2.49. The van der Waals surface area contributed by atoms with Crippen molar-refractivity contribution in [2.24, 2.45) is 23.5 Å². The first-order valence-corrected chi connectivity index (χ1v) is 8.17. The van der Waals surface area contributed by atoms with Crippen molar-refractivity contribution in [3.05, 3.63) is 29.3 Å². The van der Waals surface area contributed by atoms with Crippen LogP contribution in [0.25, 0.3) is 0 Å². The van der Waals surface area contributed by atoms with Crippen LogP contribution in [-0.2, 0) is 0 Å². The van der Waals surface area contributed by atoms with Gasteiger partial charge in [0.25, 0.3) is 0 Å². The van der Waals surface area contributed by atoms with E-state index in [0.29, 0.717) is 5.02 Å². The molecular formula is C17H24ClNO. The summed E-state index contributed by atoms with van der Waals surface area (Å²) in [6.45, 7) is 2.07. The zero-order valence-corrected chi connectivity index (χ0v) is 12.9. The summed E-state index contributed by atoms with van der Waals surface area (Å²) in [6.07, 6.45) is 6.84. The SMILES string of the molecule is CC(Oc1cccc(Cl)c1)C(N)CC1CC2CCC1C2. The Morgan fingerprint density at radius 1 is 1.35 bits per heavy atom. The zero-order chi connectivity index (χ0) is 14.1. The van der Waals surface area contributed by atoms with E-state index in [1.807, 2.05) is 24.3 Å². The molecule has 0 radical (unpaired) electrons. The van der Waals surface area contributed by atoms with E-state index < -0.39 is 0 Å². The highest BCUT2D eigenvalue weighted by atomic mass is 35.5. The molecule has 0 amide bonds. The Morgan fingerprint density at radius 3 is 2.85 bits per heavy atom. The van der Waals surface area contributed by atoms with E-state index >= 15 is 0 Å². The molecule has 2 aliphatic carbocycles. The highest BCUT2D eigenvalue weighted by molar-refractivity contribution is 6.30. The minimum absolute atomic E-state index is 0.0348. The van der Waals surface area contributed by atoms with Crippen LogP contribution in [0.3, 0.4) is 0 Å². The van der Waals surface area contributed by atoms with Crippen LogP contribution in [0.5, 0.6) is 5.75 Å². The third-order valence-corrected chi connectivity index (χ3v) is 5.42. The quantitative estimate of drug-likeness (QED) is 0.880. The molecule has 5 atom stereocenters. The molecule has 2 aliphatic rings. The molecule has 0 aromatic heterocycles. The maximum Gasteiger partial charge on any atom is 0.121 e. The fraction of sp³-hybridized carbons (Fsp3) is 0.647. The Hall–Kier alpha value is -0.730. The van der Waals surface area contributed by atoms with Gasteiger partial charge in [0, 0.05) is 11.1 Å². The Labute approximate surface area is 126 Å². The molecule has 2 saturated carbocycles. The van der Waals surface area contributed by atoms with Crippen LogP contribution >= 0.6 is 11.6 Å². The maximum atomic E-state index is 6.36. The van der Waals surface area contributed by atoms with Crippen LogP contribution in [0.1, 0.15) is 39.0 Å². The molecule has 0 aliphatic heterocycles. The van der Waals surface area contributed by atoms with Crippen LogP contribution in [-0.4, -0.2) is 12.1 Å². The van der Waals surface area contributed by atoms with Crippen LogP contribution in [0, 0.1) is 17.8 Å². The molecule has 2 fully saturated rings. The Kier molecular flexibility index (Phi) is 4.23. The van der Waals surface area contributed by atoms with Crippen molar-refractivity contribution < 1.29 is 4.74 Å². The molecule has 2 bridgehead atoms. The second-order valence-corrected chi connectivity index (χ2v) is 7.05. The summed E-state index contributed by atoms with van der Waals surface area (Å²) >= 11 is 5.98. The van der Waals surface area contributed by atoms with E-state index in [1.165, 1.54) is 25.7 Å². The molecule has 110 valence electrons. The van der Waals surface area contributed by atoms with Gasteiger partial charge >= 0.3 is 0 Å². The second-order valence-electron chi connectivity index (χ2n) is 6.61.